The Balaban J connectivity index is 1.84. The van der Waals surface area contributed by atoms with Crippen molar-refractivity contribution in [2.24, 2.45) is 0 Å². The highest BCUT2D eigenvalue weighted by Gasteiger charge is 2.50. The van der Waals surface area contributed by atoms with Gasteiger partial charge >= 0.3 is 0 Å². The number of carbonyl (C=O) groups excluding carboxylic acids is 2. The van der Waals surface area contributed by atoms with Crippen LogP contribution in [-0.4, -0.2) is 77.7 Å². The Morgan fingerprint density at radius 2 is 1.90 bits per heavy atom. The number of carbonyl (C=O) groups is 2. The van der Waals surface area contributed by atoms with E-state index >= 15 is 0 Å². The predicted molar refractivity (Wildman–Crippen MR) is 109 cm³/mol. The van der Waals surface area contributed by atoms with Gasteiger partial charge in [0.15, 0.2) is 0 Å². The normalized spacial score (nSPS) is 20.8. The van der Waals surface area contributed by atoms with Crippen molar-refractivity contribution in [3.8, 4) is 11.1 Å². The van der Waals surface area contributed by atoms with Crippen LogP contribution in [0.5, 0.6) is 0 Å². The first-order valence-electron chi connectivity index (χ1n) is 9.61. The Bertz CT molecular complexity index is 841. The molecule has 3 rings (SSSR count). The van der Waals surface area contributed by atoms with Crippen molar-refractivity contribution < 1.29 is 19.4 Å². The Hall–Kier alpha value is -2.77. The van der Waals surface area contributed by atoms with Gasteiger partial charge in [-0.2, -0.15) is 0 Å². The number of aliphatic hydroxyl groups is 1. The van der Waals surface area contributed by atoms with Gasteiger partial charge in [0.1, 0.15) is 6.61 Å². The second kappa shape index (κ2) is 9.15. The van der Waals surface area contributed by atoms with Crippen molar-refractivity contribution in [1.82, 2.24) is 14.8 Å². The Labute approximate surface area is 170 Å². The molecule has 7 heteroatoms. The lowest BCUT2D eigenvalue weighted by atomic mass is 9.74. The van der Waals surface area contributed by atoms with Crippen LogP contribution in [-0.2, 0) is 14.3 Å². The molecule has 1 aliphatic rings. The van der Waals surface area contributed by atoms with E-state index in [2.05, 4.69) is 4.98 Å². The maximum absolute atomic E-state index is 12.2. The van der Waals surface area contributed by atoms with Gasteiger partial charge in [0.25, 0.3) is 0 Å². The molecule has 1 fully saturated rings. The van der Waals surface area contributed by atoms with Crippen molar-refractivity contribution >= 4 is 11.8 Å². The molecule has 2 aromatic rings. The Morgan fingerprint density at radius 1 is 1.17 bits per heavy atom. The molecular weight excluding hydrogens is 370 g/mol. The lowest BCUT2D eigenvalue weighted by molar-refractivity contribution is -0.152. The molecule has 1 saturated heterocycles. The molecule has 0 bridgehead atoms. The second-order valence-corrected chi connectivity index (χ2v) is 7.34. The molecule has 0 saturated carbocycles. The van der Waals surface area contributed by atoms with Gasteiger partial charge in [-0.05, 0) is 22.8 Å². The van der Waals surface area contributed by atoms with E-state index in [-0.39, 0.29) is 43.0 Å². The third kappa shape index (κ3) is 4.31. The van der Waals surface area contributed by atoms with E-state index < -0.39 is 0 Å². The average Bonchev–Trinajstić information content (AvgIpc) is 2.71. The zero-order valence-corrected chi connectivity index (χ0v) is 17.0. The number of nitrogens with zero attached hydrogens (tertiary/aromatic N) is 3. The minimum Gasteiger partial charge on any atom is -0.394 e. The lowest BCUT2D eigenvalue weighted by Crippen LogP contribution is -2.68. The maximum Gasteiger partial charge on any atom is 0.248 e. The van der Waals surface area contributed by atoms with Gasteiger partial charge in [0.05, 0.1) is 18.7 Å². The number of likely N-dealkylation sites (tertiary alicyclic amines) is 1. The van der Waals surface area contributed by atoms with Crippen molar-refractivity contribution in [2.75, 3.05) is 33.9 Å². The van der Waals surface area contributed by atoms with Gasteiger partial charge < -0.3 is 19.6 Å². The molecular formula is C22H27N3O4. The number of benzene rings is 1. The van der Waals surface area contributed by atoms with E-state index in [1.807, 2.05) is 42.6 Å². The van der Waals surface area contributed by atoms with E-state index in [0.717, 1.165) is 16.7 Å². The van der Waals surface area contributed by atoms with E-state index in [1.165, 1.54) is 14.0 Å². The number of likely N-dealkylation sites (N-methyl/N-ethyl adjacent to an activating group) is 1. The highest BCUT2D eigenvalue weighted by molar-refractivity contribution is 5.78. The van der Waals surface area contributed by atoms with Crippen LogP contribution in [0.1, 0.15) is 18.4 Å². The smallest absolute Gasteiger partial charge is 0.248 e. The SMILES string of the molecule is COCC(=O)N(C)C[C@@H]1[C@H](c2ccc(-c3cccnc3)cc2)[C@@H](CO)N1C(C)=O. The molecule has 29 heavy (non-hydrogen) atoms. The molecule has 2 heterocycles. The molecule has 1 N–H and O–H groups in total. The first kappa shape index (κ1) is 21.0. The topological polar surface area (TPSA) is 83.0 Å². The van der Waals surface area contributed by atoms with Crippen molar-refractivity contribution in [2.45, 2.75) is 24.9 Å². The summed E-state index contributed by atoms with van der Waals surface area (Å²) in [6.45, 7) is 1.75. The van der Waals surface area contributed by atoms with Crippen molar-refractivity contribution in [3.63, 3.8) is 0 Å². The molecule has 1 aromatic carbocycles. The van der Waals surface area contributed by atoms with Crippen LogP contribution >= 0.6 is 0 Å². The van der Waals surface area contributed by atoms with Crippen molar-refractivity contribution in [3.05, 3.63) is 54.4 Å². The standard InChI is InChI=1S/C22H27N3O4/c1-15(27)25-19(12-24(2)21(28)14-29-3)22(20(25)13-26)17-8-6-16(7-9-17)18-5-4-10-23-11-18/h4-11,19-20,22,26H,12-14H2,1-3H3/t19-,20-,22+/m1/s1. The fourth-order valence-electron chi connectivity index (χ4n) is 4.11. The average molecular weight is 397 g/mol. The summed E-state index contributed by atoms with van der Waals surface area (Å²) < 4.78 is 4.92. The molecule has 7 nitrogen and oxygen atoms in total. The zero-order valence-electron chi connectivity index (χ0n) is 17.0. The lowest BCUT2D eigenvalue weighted by Gasteiger charge is -2.55. The molecule has 0 spiro atoms. The second-order valence-electron chi connectivity index (χ2n) is 7.34. The summed E-state index contributed by atoms with van der Waals surface area (Å²) in [5.41, 5.74) is 3.11. The number of amides is 2. The summed E-state index contributed by atoms with van der Waals surface area (Å²) in [6.07, 6.45) is 3.55. The number of aromatic nitrogens is 1. The van der Waals surface area contributed by atoms with Crippen LogP contribution in [0.25, 0.3) is 11.1 Å². The van der Waals surface area contributed by atoms with Gasteiger partial charge in [0, 0.05) is 45.9 Å². The fraction of sp³-hybridized carbons (Fsp3) is 0.409. The highest BCUT2D eigenvalue weighted by atomic mass is 16.5. The number of hydrogen-bond donors (Lipinski definition) is 1. The predicted octanol–water partition coefficient (Wildman–Crippen LogP) is 1.53. The third-order valence-corrected chi connectivity index (χ3v) is 5.54. The molecule has 1 aliphatic heterocycles. The summed E-state index contributed by atoms with van der Waals surface area (Å²) in [6, 6.07) is 11.5. The van der Waals surface area contributed by atoms with E-state index in [0.29, 0.717) is 6.54 Å². The molecule has 0 radical (unpaired) electrons. The van der Waals surface area contributed by atoms with Gasteiger partial charge in [-0.15, -0.1) is 0 Å². The Morgan fingerprint density at radius 3 is 2.45 bits per heavy atom. The quantitative estimate of drug-likeness (QED) is 0.766. The van der Waals surface area contributed by atoms with Gasteiger partial charge in [-0.1, -0.05) is 30.3 Å². The number of ether oxygens (including phenoxy) is 1. The number of pyridine rings is 1. The number of rotatable bonds is 7. The first-order chi connectivity index (χ1) is 14.0. The van der Waals surface area contributed by atoms with Gasteiger partial charge in [0.2, 0.25) is 11.8 Å². The minimum atomic E-state index is -0.298. The summed E-state index contributed by atoms with van der Waals surface area (Å²) in [7, 11) is 3.18. The largest absolute Gasteiger partial charge is 0.394 e. The van der Waals surface area contributed by atoms with Crippen LogP contribution in [0.2, 0.25) is 0 Å². The number of methoxy groups -OCH3 is 1. The molecule has 1 aromatic heterocycles. The van der Waals surface area contributed by atoms with Crippen LogP contribution in [0.4, 0.5) is 0 Å². The first-order valence-corrected chi connectivity index (χ1v) is 9.61. The van der Waals surface area contributed by atoms with Crippen LogP contribution < -0.4 is 0 Å². The molecule has 3 atom stereocenters. The summed E-state index contributed by atoms with van der Waals surface area (Å²) in [5, 5.41) is 9.91. The van der Waals surface area contributed by atoms with Crippen molar-refractivity contribution in [1.29, 1.82) is 0 Å². The number of hydrogen-bond acceptors (Lipinski definition) is 5. The number of aliphatic hydroxyl groups excluding tert-OH is 1. The van der Waals surface area contributed by atoms with Crippen LogP contribution in [0, 0.1) is 0 Å². The maximum atomic E-state index is 12.2. The fourth-order valence-corrected chi connectivity index (χ4v) is 4.11. The van der Waals surface area contributed by atoms with Crippen LogP contribution in [0.15, 0.2) is 48.8 Å². The van der Waals surface area contributed by atoms with E-state index in [9.17, 15) is 14.7 Å². The zero-order chi connectivity index (χ0) is 21.0. The Kier molecular flexibility index (Phi) is 6.61. The van der Waals surface area contributed by atoms with E-state index in [4.69, 9.17) is 4.74 Å². The summed E-state index contributed by atoms with van der Waals surface area (Å²) in [5.74, 6) is -0.302. The molecule has 0 aliphatic carbocycles. The molecule has 0 unspecified atom stereocenters. The minimum absolute atomic E-state index is 0.00278. The van der Waals surface area contributed by atoms with Gasteiger partial charge in [-0.3, -0.25) is 14.6 Å². The monoisotopic (exact) mass is 397 g/mol. The molecule has 2 amide bonds. The van der Waals surface area contributed by atoms with Gasteiger partial charge in [-0.25, -0.2) is 0 Å². The van der Waals surface area contributed by atoms with E-state index in [1.54, 1.807) is 23.0 Å². The third-order valence-electron chi connectivity index (χ3n) is 5.54. The summed E-state index contributed by atoms with van der Waals surface area (Å²) >= 11 is 0. The highest BCUT2D eigenvalue weighted by Crippen LogP contribution is 2.41. The summed E-state index contributed by atoms with van der Waals surface area (Å²) in [4.78, 5) is 31.7. The van der Waals surface area contributed by atoms with Crippen LogP contribution in [0.3, 0.4) is 0 Å². The molecule has 154 valence electrons.